The average molecular weight is 419 g/mol. The number of nitrogens with zero attached hydrogens (tertiary/aromatic N) is 2. The molecule has 0 aliphatic rings. The molecule has 0 fully saturated rings. The molecule has 0 bridgehead atoms. The summed E-state index contributed by atoms with van der Waals surface area (Å²) in [6.07, 6.45) is 3.08. The molecule has 0 unspecified atom stereocenters. The Bertz CT molecular complexity index is 690. The quantitative estimate of drug-likeness (QED) is 0.425. The van der Waals surface area contributed by atoms with E-state index >= 15 is 0 Å². The van der Waals surface area contributed by atoms with E-state index in [0.29, 0.717) is 35.7 Å². The van der Waals surface area contributed by atoms with Gasteiger partial charge in [0.15, 0.2) is 11.5 Å². The molecule has 1 N–H and O–H groups in total. The fourth-order valence-electron chi connectivity index (χ4n) is 2.04. The molecule has 8 heteroatoms. The third-order valence-electron chi connectivity index (χ3n) is 3.30. The fourth-order valence-corrected chi connectivity index (χ4v) is 2.04. The van der Waals surface area contributed by atoms with E-state index in [0.717, 1.165) is 0 Å². The molecule has 0 spiro atoms. The maximum Gasteiger partial charge on any atom is 0.166 e. The van der Waals surface area contributed by atoms with Gasteiger partial charge in [0.05, 0.1) is 27.3 Å². The number of rotatable bonds is 7. The first-order valence-corrected chi connectivity index (χ1v) is 7.37. The van der Waals surface area contributed by atoms with Crippen molar-refractivity contribution in [3.63, 3.8) is 0 Å². The number of aliphatic imine (C=N–C) groups is 2. The maximum atomic E-state index is 11.9. The van der Waals surface area contributed by atoms with Crippen molar-refractivity contribution in [1.29, 1.82) is 0 Å². The molecule has 0 heterocycles. The Hall–Kier alpha value is -2.21. The summed E-state index contributed by atoms with van der Waals surface area (Å²) >= 11 is 0. The molecule has 0 amide bonds. The Morgan fingerprint density at radius 1 is 0.923 bits per heavy atom. The molecule has 0 saturated carbocycles. The van der Waals surface area contributed by atoms with Crippen LogP contribution in [0.4, 0.5) is 0 Å². The van der Waals surface area contributed by atoms with Crippen LogP contribution in [0, 0.1) is 0 Å². The molecule has 26 heavy (non-hydrogen) atoms. The van der Waals surface area contributed by atoms with Gasteiger partial charge in [-0.3, -0.25) is 9.98 Å². The van der Waals surface area contributed by atoms with Crippen LogP contribution in [0.2, 0.25) is 0 Å². The molecule has 6 nitrogen and oxygen atoms in total. The molecule has 2 aromatic rings. The van der Waals surface area contributed by atoms with Gasteiger partial charge in [-0.2, -0.15) is 0 Å². The summed E-state index contributed by atoms with van der Waals surface area (Å²) < 4.78 is 10.0. The molecule has 141 valence electrons. The number of ether oxygens (including phenoxy) is 2. The van der Waals surface area contributed by atoms with Gasteiger partial charge in [0.25, 0.3) is 0 Å². The Labute approximate surface area is 169 Å². The summed E-state index contributed by atoms with van der Waals surface area (Å²) in [5, 5.41) is 21.8. The van der Waals surface area contributed by atoms with Crippen molar-refractivity contribution in [2.45, 2.75) is 0 Å². The zero-order valence-corrected chi connectivity index (χ0v) is 16.4. The summed E-state index contributed by atoms with van der Waals surface area (Å²) in [5.41, 5.74) is 1.05. The van der Waals surface area contributed by atoms with E-state index in [4.69, 9.17) is 9.47 Å². The van der Waals surface area contributed by atoms with E-state index in [-0.39, 0.29) is 41.0 Å². The van der Waals surface area contributed by atoms with Gasteiger partial charge in [0, 0.05) is 35.1 Å². The molecular formula is C18H20ClMnN2O4-. The molecule has 2 rings (SSSR count). The number of hydrogen-bond donors (Lipinski definition) is 1. The van der Waals surface area contributed by atoms with Crippen LogP contribution < -0.4 is 14.6 Å². The van der Waals surface area contributed by atoms with E-state index < -0.39 is 0 Å². The molecule has 0 aliphatic carbocycles. The third kappa shape index (κ3) is 6.26. The molecule has 0 aliphatic heterocycles. The summed E-state index contributed by atoms with van der Waals surface area (Å²) in [5.74, 6) is 0.566. The van der Waals surface area contributed by atoms with Crippen molar-refractivity contribution < 1.29 is 36.8 Å². The predicted molar refractivity (Wildman–Crippen MR) is 99.3 cm³/mol. The average Bonchev–Trinajstić information content (AvgIpc) is 2.60. The number of methoxy groups -OCH3 is 2. The van der Waals surface area contributed by atoms with Gasteiger partial charge in [-0.05, 0) is 23.8 Å². The van der Waals surface area contributed by atoms with Crippen LogP contribution in [-0.2, 0) is 17.1 Å². The van der Waals surface area contributed by atoms with Gasteiger partial charge in [-0.25, -0.2) is 0 Å². The predicted octanol–water partition coefficient (Wildman–Crippen LogP) is 2.44. The van der Waals surface area contributed by atoms with Crippen LogP contribution in [0.25, 0.3) is 0 Å². The van der Waals surface area contributed by atoms with Crippen LogP contribution in [0.5, 0.6) is 23.0 Å². The SMILES string of the molecule is COc1cccc(C=NCCN=Cc2cccc(OC)c2O)c1[O-].Cl.[Mn]. The number of hydrogen-bond acceptors (Lipinski definition) is 6. The Morgan fingerprint density at radius 2 is 1.42 bits per heavy atom. The topological polar surface area (TPSA) is 86.5 Å². The molecule has 2 aromatic carbocycles. The third-order valence-corrected chi connectivity index (χ3v) is 3.30. The van der Waals surface area contributed by atoms with Crippen molar-refractivity contribution in [1.82, 2.24) is 0 Å². The molecule has 1 radical (unpaired) electrons. The van der Waals surface area contributed by atoms with Gasteiger partial charge in [-0.15, -0.1) is 12.4 Å². The number of para-hydroxylation sites is 2. The van der Waals surface area contributed by atoms with Gasteiger partial charge in [0.1, 0.15) is 5.75 Å². The van der Waals surface area contributed by atoms with Crippen LogP contribution in [0.1, 0.15) is 11.1 Å². The first-order chi connectivity index (χ1) is 11.7. The summed E-state index contributed by atoms with van der Waals surface area (Å²) in [6.45, 7) is 0.864. The second kappa shape index (κ2) is 12.2. The zero-order valence-electron chi connectivity index (χ0n) is 14.4. The van der Waals surface area contributed by atoms with Crippen LogP contribution in [0.3, 0.4) is 0 Å². The Morgan fingerprint density at radius 3 is 2.00 bits per heavy atom. The Balaban J connectivity index is 0.00000312. The van der Waals surface area contributed by atoms with E-state index in [1.807, 2.05) is 0 Å². The monoisotopic (exact) mass is 418 g/mol. The first-order valence-electron chi connectivity index (χ1n) is 7.37. The second-order valence-electron chi connectivity index (χ2n) is 4.85. The number of halogens is 1. The molecular weight excluding hydrogens is 399 g/mol. The fraction of sp³-hybridized carbons (Fsp3) is 0.222. The van der Waals surface area contributed by atoms with Crippen molar-refractivity contribution in [3.05, 3.63) is 47.5 Å². The van der Waals surface area contributed by atoms with Gasteiger partial charge < -0.3 is 19.7 Å². The second-order valence-corrected chi connectivity index (χ2v) is 4.85. The number of benzene rings is 2. The smallest absolute Gasteiger partial charge is 0.166 e. The minimum Gasteiger partial charge on any atom is -0.870 e. The van der Waals surface area contributed by atoms with E-state index in [1.54, 1.807) is 42.6 Å². The van der Waals surface area contributed by atoms with Crippen LogP contribution >= 0.6 is 12.4 Å². The number of phenolic OH excluding ortho intramolecular Hbond substituents is 1. The summed E-state index contributed by atoms with van der Waals surface area (Å²) in [4.78, 5) is 8.39. The molecule has 0 atom stereocenters. The minimum absolute atomic E-state index is 0. The Kier molecular flexibility index (Phi) is 11.2. The summed E-state index contributed by atoms with van der Waals surface area (Å²) in [7, 11) is 2.95. The van der Waals surface area contributed by atoms with E-state index in [9.17, 15) is 10.2 Å². The first kappa shape index (κ1) is 23.8. The zero-order chi connectivity index (χ0) is 17.4. The van der Waals surface area contributed by atoms with E-state index in [2.05, 4.69) is 9.98 Å². The van der Waals surface area contributed by atoms with Crippen molar-refractivity contribution in [3.8, 4) is 23.0 Å². The van der Waals surface area contributed by atoms with Gasteiger partial charge in [-0.1, -0.05) is 23.9 Å². The van der Waals surface area contributed by atoms with Gasteiger partial charge in [0.2, 0.25) is 0 Å². The number of aromatic hydroxyl groups is 1. The maximum absolute atomic E-state index is 11.9. The van der Waals surface area contributed by atoms with Crippen LogP contribution in [0.15, 0.2) is 46.4 Å². The molecule has 0 saturated heterocycles. The summed E-state index contributed by atoms with van der Waals surface area (Å²) in [6, 6.07) is 10.2. The minimum atomic E-state index is -0.187. The standard InChI is InChI=1S/C18H20N2O4.ClH.Mn/c1-23-15-7-3-5-13(17(15)21)11-19-9-10-20-12-14-6-4-8-16(24-2)18(14)22;;/h3-8,11-12,21-22H,9-10H2,1-2H3;1H;/p-1. The van der Waals surface area contributed by atoms with Gasteiger partial charge >= 0.3 is 0 Å². The normalized spacial score (nSPS) is 10.4. The molecule has 0 aromatic heterocycles. The van der Waals surface area contributed by atoms with E-state index in [1.165, 1.54) is 20.4 Å². The largest absolute Gasteiger partial charge is 0.870 e. The van der Waals surface area contributed by atoms with Crippen molar-refractivity contribution >= 4 is 24.8 Å². The van der Waals surface area contributed by atoms with Crippen molar-refractivity contribution in [2.75, 3.05) is 27.3 Å². The van der Waals surface area contributed by atoms with Crippen LogP contribution in [-0.4, -0.2) is 44.8 Å². The van der Waals surface area contributed by atoms with Crippen molar-refractivity contribution in [2.24, 2.45) is 9.98 Å². The number of phenols is 1.